The van der Waals surface area contributed by atoms with Gasteiger partial charge in [-0.3, -0.25) is 14.2 Å². The third kappa shape index (κ3) is 2.42. The van der Waals surface area contributed by atoms with E-state index in [1.807, 2.05) is 25.5 Å². The fourth-order valence-electron chi connectivity index (χ4n) is 1.95. The van der Waals surface area contributed by atoms with Gasteiger partial charge in [-0.1, -0.05) is 0 Å². The van der Waals surface area contributed by atoms with E-state index in [0.29, 0.717) is 10.2 Å². The number of nitrogens with zero attached hydrogens (tertiary/aromatic N) is 4. The van der Waals surface area contributed by atoms with E-state index in [9.17, 15) is 4.79 Å². The molecule has 0 spiro atoms. The van der Waals surface area contributed by atoms with Crippen LogP contribution in [0.15, 0.2) is 10.7 Å². The van der Waals surface area contributed by atoms with Gasteiger partial charge >= 0.3 is 0 Å². The van der Waals surface area contributed by atoms with Crippen LogP contribution in [0.4, 0.5) is 5.69 Å². The molecule has 102 valence electrons. The third-order valence-electron chi connectivity index (χ3n) is 3.02. The summed E-state index contributed by atoms with van der Waals surface area (Å²) in [6, 6.07) is 0. The molecule has 2 aromatic heterocycles. The molecule has 0 saturated heterocycles. The molecule has 2 aromatic rings. The quantitative estimate of drug-likeness (QED) is 0.941. The van der Waals surface area contributed by atoms with E-state index >= 15 is 0 Å². The Labute approximate surface area is 119 Å². The number of amides is 1. The maximum Gasteiger partial charge on any atom is 0.275 e. The van der Waals surface area contributed by atoms with Gasteiger partial charge in [-0.05, 0) is 36.7 Å². The van der Waals surface area contributed by atoms with Crippen molar-refractivity contribution in [1.82, 2.24) is 19.6 Å². The maximum absolute atomic E-state index is 12.3. The molecule has 0 radical (unpaired) electrons. The van der Waals surface area contributed by atoms with E-state index in [4.69, 9.17) is 0 Å². The van der Waals surface area contributed by atoms with Crippen LogP contribution in [-0.2, 0) is 13.6 Å². The summed E-state index contributed by atoms with van der Waals surface area (Å²) in [5.74, 6) is -0.200. The van der Waals surface area contributed by atoms with Crippen molar-refractivity contribution in [2.75, 3.05) is 5.32 Å². The fourth-order valence-corrected chi connectivity index (χ4v) is 2.46. The summed E-state index contributed by atoms with van der Waals surface area (Å²) < 4.78 is 4.11. The summed E-state index contributed by atoms with van der Waals surface area (Å²) >= 11 is 3.39. The van der Waals surface area contributed by atoms with Gasteiger partial charge < -0.3 is 5.32 Å². The lowest BCUT2D eigenvalue weighted by Crippen LogP contribution is -2.17. The van der Waals surface area contributed by atoms with Crippen molar-refractivity contribution in [3.8, 4) is 0 Å². The largest absolute Gasteiger partial charge is 0.318 e. The van der Waals surface area contributed by atoms with E-state index in [1.54, 1.807) is 17.9 Å². The highest BCUT2D eigenvalue weighted by Gasteiger charge is 2.19. The van der Waals surface area contributed by atoms with Crippen LogP contribution in [-0.4, -0.2) is 25.5 Å². The normalized spacial score (nSPS) is 10.8. The molecule has 19 heavy (non-hydrogen) atoms. The minimum Gasteiger partial charge on any atom is -0.318 e. The van der Waals surface area contributed by atoms with Crippen molar-refractivity contribution in [3.05, 3.63) is 27.8 Å². The number of aryl methyl sites for hydroxylation is 3. The molecule has 0 aliphatic heterocycles. The van der Waals surface area contributed by atoms with Crippen LogP contribution in [0.1, 0.15) is 28.8 Å². The predicted molar refractivity (Wildman–Crippen MR) is 76.2 cm³/mol. The Kier molecular flexibility index (Phi) is 3.75. The number of anilines is 1. The Bertz CT molecular complexity index is 628. The first-order valence-electron chi connectivity index (χ1n) is 5.98. The van der Waals surface area contributed by atoms with E-state index in [0.717, 1.165) is 23.6 Å². The van der Waals surface area contributed by atoms with Crippen LogP contribution in [0.3, 0.4) is 0 Å². The molecule has 0 saturated carbocycles. The molecule has 0 fully saturated rings. The lowest BCUT2D eigenvalue weighted by molar-refractivity contribution is 0.101. The molecule has 0 bridgehead atoms. The Hall–Kier alpha value is -1.63. The molecular weight excluding hydrogens is 310 g/mol. The third-order valence-corrected chi connectivity index (χ3v) is 3.96. The summed E-state index contributed by atoms with van der Waals surface area (Å²) in [5.41, 5.74) is 2.94. The van der Waals surface area contributed by atoms with Crippen molar-refractivity contribution in [1.29, 1.82) is 0 Å². The molecular formula is C12H16BrN5O. The first kappa shape index (κ1) is 13.8. The number of nitrogens with one attached hydrogen (secondary N) is 1. The molecule has 2 heterocycles. The van der Waals surface area contributed by atoms with Gasteiger partial charge in [-0.15, -0.1) is 0 Å². The van der Waals surface area contributed by atoms with Crippen molar-refractivity contribution < 1.29 is 4.79 Å². The molecule has 7 heteroatoms. The number of hydrogen-bond acceptors (Lipinski definition) is 3. The van der Waals surface area contributed by atoms with Crippen LogP contribution in [0.2, 0.25) is 0 Å². The van der Waals surface area contributed by atoms with Gasteiger partial charge in [0.2, 0.25) is 0 Å². The second-order valence-corrected chi connectivity index (χ2v) is 5.08. The predicted octanol–water partition coefficient (Wildman–Crippen LogP) is 2.27. The minimum atomic E-state index is -0.200. The Morgan fingerprint density at radius 2 is 2.16 bits per heavy atom. The molecule has 0 aliphatic carbocycles. The summed E-state index contributed by atoms with van der Waals surface area (Å²) in [6.07, 6.45) is 1.66. The molecule has 0 aromatic carbocycles. The molecule has 0 unspecified atom stereocenters. The van der Waals surface area contributed by atoms with Gasteiger partial charge in [0.25, 0.3) is 5.91 Å². The first-order valence-corrected chi connectivity index (χ1v) is 6.77. The number of rotatable bonds is 3. The number of carbonyl (C=O) groups is 1. The zero-order chi connectivity index (χ0) is 14.2. The van der Waals surface area contributed by atoms with Gasteiger partial charge in [-0.2, -0.15) is 10.2 Å². The molecule has 2 rings (SSSR count). The van der Waals surface area contributed by atoms with Crippen LogP contribution >= 0.6 is 15.9 Å². The Morgan fingerprint density at radius 3 is 2.63 bits per heavy atom. The second-order valence-electron chi connectivity index (χ2n) is 4.29. The number of halogens is 1. The molecule has 0 aliphatic rings. The van der Waals surface area contributed by atoms with E-state index in [1.165, 1.54) is 0 Å². The SMILES string of the molecule is CCn1ncc(NC(=O)c2c(Br)c(C)nn2C)c1C. The number of aromatic nitrogens is 4. The van der Waals surface area contributed by atoms with Crippen LogP contribution in [0, 0.1) is 13.8 Å². The highest BCUT2D eigenvalue weighted by molar-refractivity contribution is 9.10. The summed E-state index contributed by atoms with van der Waals surface area (Å²) in [5, 5.41) is 11.3. The first-order chi connectivity index (χ1) is 8.95. The average Bonchev–Trinajstić information content (AvgIpc) is 2.81. The Morgan fingerprint density at radius 1 is 1.47 bits per heavy atom. The minimum absolute atomic E-state index is 0.200. The van der Waals surface area contributed by atoms with Gasteiger partial charge in [0.1, 0.15) is 5.69 Å². The topological polar surface area (TPSA) is 64.7 Å². The smallest absolute Gasteiger partial charge is 0.275 e. The Balaban J connectivity index is 2.28. The summed E-state index contributed by atoms with van der Waals surface area (Å²) in [4.78, 5) is 12.3. The zero-order valence-corrected chi connectivity index (χ0v) is 12.9. The lowest BCUT2D eigenvalue weighted by atomic mass is 10.3. The number of hydrogen-bond donors (Lipinski definition) is 1. The molecule has 1 amide bonds. The van der Waals surface area contributed by atoms with Crippen LogP contribution in [0.25, 0.3) is 0 Å². The summed E-state index contributed by atoms with van der Waals surface area (Å²) in [6.45, 7) is 6.56. The number of carbonyl (C=O) groups excluding carboxylic acids is 1. The van der Waals surface area contributed by atoms with E-state index < -0.39 is 0 Å². The maximum atomic E-state index is 12.3. The van der Waals surface area contributed by atoms with Gasteiger partial charge in [0.15, 0.2) is 0 Å². The highest BCUT2D eigenvalue weighted by atomic mass is 79.9. The van der Waals surface area contributed by atoms with E-state index in [2.05, 4.69) is 31.4 Å². The second kappa shape index (κ2) is 5.16. The van der Waals surface area contributed by atoms with Crippen LogP contribution < -0.4 is 5.32 Å². The molecule has 6 nitrogen and oxygen atoms in total. The molecule has 1 N–H and O–H groups in total. The van der Waals surface area contributed by atoms with Crippen molar-refractivity contribution >= 4 is 27.5 Å². The van der Waals surface area contributed by atoms with Crippen molar-refractivity contribution in [2.45, 2.75) is 27.3 Å². The van der Waals surface area contributed by atoms with Crippen molar-refractivity contribution in [3.63, 3.8) is 0 Å². The highest BCUT2D eigenvalue weighted by Crippen LogP contribution is 2.22. The standard InChI is InChI=1S/C12H16BrN5O/c1-5-18-8(3)9(6-14-18)15-12(19)11-10(13)7(2)16-17(11)4/h6H,5H2,1-4H3,(H,15,19). The molecule has 0 atom stereocenters. The van der Waals surface area contributed by atoms with Gasteiger partial charge in [0.05, 0.1) is 27.7 Å². The van der Waals surface area contributed by atoms with Gasteiger partial charge in [0, 0.05) is 13.6 Å². The van der Waals surface area contributed by atoms with Crippen LogP contribution in [0.5, 0.6) is 0 Å². The lowest BCUT2D eigenvalue weighted by Gasteiger charge is -2.06. The monoisotopic (exact) mass is 325 g/mol. The summed E-state index contributed by atoms with van der Waals surface area (Å²) in [7, 11) is 1.75. The zero-order valence-electron chi connectivity index (χ0n) is 11.4. The average molecular weight is 326 g/mol. The fraction of sp³-hybridized carbons (Fsp3) is 0.417. The van der Waals surface area contributed by atoms with Crippen molar-refractivity contribution in [2.24, 2.45) is 7.05 Å². The van der Waals surface area contributed by atoms with Gasteiger partial charge in [-0.25, -0.2) is 0 Å². The van der Waals surface area contributed by atoms with E-state index in [-0.39, 0.29) is 5.91 Å².